The van der Waals surface area contributed by atoms with Gasteiger partial charge in [-0.25, -0.2) is 0 Å². The Hall–Kier alpha value is -3.00. The molecule has 0 saturated carbocycles. The van der Waals surface area contributed by atoms with Gasteiger partial charge in [-0.3, -0.25) is 4.79 Å². The molecule has 1 fully saturated rings. The van der Waals surface area contributed by atoms with E-state index in [1.807, 2.05) is 24.4 Å². The highest BCUT2D eigenvalue weighted by atomic mass is 19.4. The number of fused-ring (bicyclic) bond motifs is 1. The summed E-state index contributed by atoms with van der Waals surface area (Å²) in [4.78, 5) is 17.6. The standard InChI is InChI=1S/C22H21F3N2O3/c23-22(24,25)30-18-5-1-15(2-6-18)14-21(29)8-11-27(12-9-21)20(28)17-4-3-16-7-10-26-19(16)13-17/h1-7,10,13,26,29H,8-9,11-12,14H2. The lowest BCUT2D eigenvalue weighted by atomic mass is 9.85. The summed E-state index contributed by atoms with van der Waals surface area (Å²) in [6.07, 6.45) is -1.82. The molecule has 5 nitrogen and oxygen atoms in total. The molecule has 2 aromatic carbocycles. The number of H-pyrrole nitrogens is 1. The van der Waals surface area contributed by atoms with E-state index in [-0.39, 0.29) is 11.7 Å². The first kappa shape index (κ1) is 20.3. The third kappa shape index (κ3) is 4.59. The average Bonchev–Trinajstić information content (AvgIpc) is 3.16. The minimum absolute atomic E-state index is 0.0813. The summed E-state index contributed by atoms with van der Waals surface area (Å²) in [6, 6.07) is 13.0. The van der Waals surface area contributed by atoms with Gasteiger partial charge in [0.25, 0.3) is 5.91 Å². The van der Waals surface area contributed by atoms with Gasteiger partial charge in [-0.2, -0.15) is 0 Å². The Morgan fingerprint density at radius 1 is 1.10 bits per heavy atom. The molecule has 8 heteroatoms. The summed E-state index contributed by atoms with van der Waals surface area (Å²) in [7, 11) is 0. The number of ether oxygens (including phenoxy) is 1. The van der Waals surface area contributed by atoms with Crippen molar-refractivity contribution in [2.24, 2.45) is 0 Å². The molecule has 1 amide bonds. The highest BCUT2D eigenvalue weighted by Crippen LogP contribution is 2.29. The predicted octanol–water partition coefficient (Wildman–Crippen LogP) is 4.28. The molecule has 1 saturated heterocycles. The van der Waals surface area contributed by atoms with Gasteiger partial charge in [-0.05, 0) is 54.1 Å². The monoisotopic (exact) mass is 418 g/mol. The molecular weight excluding hydrogens is 397 g/mol. The lowest BCUT2D eigenvalue weighted by molar-refractivity contribution is -0.274. The van der Waals surface area contributed by atoms with Gasteiger partial charge in [-0.15, -0.1) is 13.2 Å². The van der Waals surface area contributed by atoms with Crippen molar-refractivity contribution in [3.63, 3.8) is 0 Å². The molecule has 3 aromatic rings. The second-order valence-electron chi connectivity index (χ2n) is 7.66. The maximum absolute atomic E-state index is 12.8. The van der Waals surface area contributed by atoms with Gasteiger partial charge in [0.05, 0.1) is 5.60 Å². The van der Waals surface area contributed by atoms with Crippen LogP contribution in [0.5, 0.6) is 5.75 Å². The van der Waals surface area contributed by atoms with E-state index >= 15 is 0 Å². The lowest BCUT2D eigenvalue weighted by Crippen LogP contribution is -2.47. The van der Waals surface area contributed by atoms with Crippen molar-refractivity contribution in [1.29, 1.82) is 0 Å². The molecule has 0 bridgehead atoms. The Labute approximate surface area is 171 Å². The van der Waals surface area contributed by atoms with Crippen molar-refractivity contribution in [2.75, 3.05) is 13.1 Å². The van der Waals surface area contributed by atoms with E-state index in [0.717, 1.165) is 10.9 Å². The molecule has 30 heavy (non-hydrogen) atoms. The molecule has 4 rings (SSSR count). The first-order valence-electron chi connectivity index (χ1n) is 9.64. The normalized spacial score (nSPS) is 16.6. The highest BCUT2D eigenvalue weighted by Gasteiger charge is 2.35. The SMILES string of the molecule is O=C(c1ccc2cc[nH]c2c1)N1CCC(O)(Cc2ccc(OC(F)(F)F)cc2)CC1. The van der Waals surface area contributed by atoms with Crippen molar-refractivity contribution < 1.29 is 27.8 Å². The molecular formula is C22H21F3N2O3. The van der Waals surface area contributed by atoms with E-state index < -0.39 is 12.0 Å². The zero-order valence-electron chi connectivity index (χ0n) is 16.1. The third-order valence-electron chi connectivity index (χ3n) is 5.47. The number of amides is 1. The number of nitrogens with one attached hydrogen (secondary N) is 1. The topological polar surface area (TPSA) is 65.6 Å². The van der Waals surface area contributed by atoms with Crippen molar-refractivity contribution in [3.8, 4) is 5.75 Å². The third-order valence-corrected chi connectivity index (χ3v) is 5.47. The number of rotatable bonds is 4. The number of aliphatic hydroxyl groups is 1. The average molecular weight is 418 g/mol. The quantitative estimate of drug-likeness (QED) is 0.665. The maximum Gasteiger partial charge on any atom is 0.573 e. The van der Waals surface area contributed by atoms with Crippen LogP contribution in [0.15, 0.2) is 54.7 Å². The summed E-state index contributed by atoms with van der Waals surface area (Å²) < 4.78 is 40.7. The number of nitrogens with zero attached hydrogens (tertiary/aromatic N) is 1. The molecule has 0 atom stereocenters. The molecule has 0 unspecified atom stereocenters. The van der Waals surface area contributed by atoms with Crippen LogP contribution in [-0.2, 0) is 6.42 Å². The van der Waals surface area contributed by atoms with E-state index in [1.165, 1.54) is 24.3 Å². The number of alkyl halides is 3. The first-order valence-corrected chi connectivity index (χ1v) is 9.64. The molecule has 0 radical (unpaired) electrons. The lowest BCUT2D eigenvalue weighted by Gasteiger charge is -2.38. The number of aromatic nitrogens is 1. The van der Waals surface area contributed by atoms with Crippen LogP contribution >= 0.6 is 0 Å². The fourth-order valence-corrected chi connectivity index (χ4v) is 3.86. The Morgan fingerprint density at radius 2 is 1.80 bits per heavy atom. The highest BCUT2D eigenvalue weighted by molar-refractivity contribution is 5.98. The summed E-state index contributed by atoms with van der Waals surface area (Å²) in [5.74, 6) is -0.375. The van der Waals surface area contributed by atoms with Crippen LogP contribution in [0, 0.1) is 0 Å². The predicted molar refractivity (Wildman–Crippen MR) is 105 cm³/mol. The number of likely N-dealkylation sites (tertiary alicyclic amines) is 1. The van der Waals surface area contributed by atoms with Crippen LogP contribution in [0.25, 0.3) is 10.9 Å². The maximum atomic E-state index is 12.8. The minimum atomic E-state index is -4.73. The van der Waals surface area contributed by atoms with Crippen molar-refractivity contribution >= 4 is 16.8 Å². The van der Waals surface area contributed by atoms with E-state index in [1.54, 1.807) is 11.0 Å². The summed E-state index contributed by atoms with van der Waals surface area (Å²) >= 11 is 0. The number of aromatic amines is 1. The van der Waals surface area contributed by atoms with Crippen LogP contribution in [0.2, 0.25) is 0 Å². The van der Waals surface area contributed by atoms with Crippen molar-refractivity contribution in [1.82, 2.24) is 9.88 Å². The molecule has 2 heterocycles. The number of carbonyl (C=O) groups excluding carboxylic acids is 1. The van der Waals surface area contributed by atoms with Crippen LogP contribution in [-0.4, -0.2) is 46.0 Å². The minimum Gasteiger partial charge on any atom is -0.406 e. The van der Waals surface area contributed by atoms with Crippen LogP contribution in [0.4, 0.5) is 13.2 Å². The fourth-order valence-electron chi connectivity index (χ4n) is 3.86. The van der Waals surface area contributed by atoms with Crippen LogP contribution in [0.3, 0.4) is 0 Å². The largest absolute Gasteiger partial charge is 0.573 e. The zero-order valence-corrected chi connectivity index (χ0v) is 16.1. The summed E-state index contributed by atoms with van der Waals surface area (Å²) in [6.45, 7) is 0.820. The number of halogens is 3. The molecule has 0 aliphatic carbocycles. The van der Waals surface area contributed by atoms with E-state index in [2.05, 4.69) is 9.72 Å². The number of piperidine rings is 1. The van der Waals surface area contributed by atoms with Gasteiger partial charge >= 0.3 is 6.36 Å². The molecule has 158 valence electrons. The van der Waals surface area contributed by atoms with Gasteiger partial charge in [0.15, 0.2) is 0 Å². The van der Waals surface area contributed by atoms with Crippen molar-refractivity contribution in [2.45, 2.75) is 31.2 Å². The van der Waals surface area contributed by atoms with Gasteiger partial charge in [-0.1, -0.05) is 18.2 Å². The van der Waals surface area contributed by atoms with Crippen molar-refractivity contribution in [3.05, 3.63) is 65.9 Å². The van der Waals surface area contributed by atoms with E-state index in [0.29, 0.717) is 43.5 Å². The number of hydrogen-bond donors (Lipinski definition) is 2. The van der Waals surface area contributed by atoms with E-state index in [4.69, 9.17) is 0 Å². The van der Waals surface area contributed by atoms with Gasteiger partial charge in [0.2, 0.25) is 0 Å². The number of benzene rings is 2. The molecule has 1 aliphatic rings. The number of hydrogen-bond acceptors (Lipinski definition) is 3. The second kappa shape index (κ2) is 7.68. The first-order chi connectivity index (χ1) is 14.2. The second-order valence-corrected chi connectivity index (χ2v) is 7.66. The number of carbonyl (C=O) groups is 1. The summed E-state index contributed by atoms with van der Waals surface area (Å²) in [5, 5.41) is 11.9. The van der Waals surface area contributed by atoms with Crippen LogP contribution in [0.1, 0.15) is 28.8 Å². The molecule has 1 aromatic heterocycles. The Morgan fingerprint density at radius 3 is 2.47 bits per heavy atom. The molecule has 1 aliphatic heterocycles. The smallest absolute Gasteiger partial charge is 0.406 e. The molecule has 2 N–H and O–H groups in total. The van der Waals surface area contributed by atoms with Crippen LogP contribution < -0.4 is 4.74 Å². The summed E-state index contributed by atoms with van der Waals surface area (Å²) in [5.41, 5.74) is 1.19. The van der Waals surface area contributed by atoms with E-state index in [9.17, 15) is 23.1 Å². The molecule has 0 spiro atoms. The Kier molecular flexibility index (Phi) is 5.19. The Bertz CT molecular complexity index is 1040. The van der Waals surface area contributed by atoms with Gasteiger partial charge < -0.3 is 19.7 Å². The Balaban J connectivity index is 1.36. The zero-order chi connectivity index (χ0) is 21.4. The van der Waals surface area contributed by atoms with Gasteiger partial charge in [0.1, 0.15) is 5.75 Å². The fraction of sp³-hybridized carbons (Fsp3) is 0.318. The van der Waals surface area contributed by atoms with Gasteiger partial charge in [0, 0.05) is 36.8 Å².